The van der Waals surface area contributed by atoms with E-state index in [9.17, 15) is 18.3 Å². The number of nitrogens with two attached hydrogens (primary N) is 1. The number of nitrogens with zero attached hydrogens (tertiary/aromatic N) is 1. The van der Waals surface area contributed by atoms with E-state index in [1.165, 1.54) is 12.1 Å². The van der Waals surface area contributed by atoms with Crippen LogP contribution in [0.5, 0.6) is 5.75 Å². The molecule has 9 heteroatoms. The summed E-state index contributed by atoms with van der Waals surface area (Å²) in [4.78, 5) is 4.05. The lowest BCUT2D eigenvalue weighted by molar-refractivity contribution is -0.274. The molecule has 1 unspecified atom stereocenters. The van der Waals surface area contributed by atoms with E-state index in [1.54, 1.807) is 31.2 Å². The summed E-state index contributed by atoms with van der Waals surface area (Å²) in [7, 11) is 0. The number of hydrogen-bond donors (Lipinski definition) is 3. The Kier molecular flexibility index (Phi) is 5.99. The minimum absolute atomic E-state index is 0.0122. The molecule has 0 aliphatic heterocycles. The molecule has 2 aromatic rings. The van der Waals surface area contributed by atoms with Gasteiger partial charge in [-0.2, -0.15) is 0 Å². The molecule has 0 saturated heterocycles. The van der Waals surface area contributed by atoms with E-state index in [0.717, 1.165) is 12.1 Å². The summed E-state index contributed by atoms with van der Waals surface area (Å²) in [6.45, 7) is 1.49. The van der Waals surface area contributed by atoms with Gasteiger partial charge in [0, 0.05) is 16.3 Å². The normalized spacial score (nSPS) is 14.6. The Labute approximate surface area is 153 Å². The average molecular weight is 388 g/mol. The summed E-state index contributed by atoms with van der Waals surface area (Å²) < 4.78 is 40.1. The van der Waals surface area contributed by atoms with Gasteiger partial charge < -0.3 is 20.9 Å². The number of rotatable bonds is 5. The highest BCUT2D eigenvalue weighted by molar-refractivity contribution is 6.31. The highest BCUT2D eigenvalue weighted by atomic mass is 35.5. The standard InChI is InChI=1S/C17H17ClF3N3O2/c1-16(25,13-4-2-3-5-14(13)18)10-23-15(22)24-11-6-8-12(9-7-11)26-17(19,20)21/h2-9,25H,10H2,1H3,(H3,22,23,24). The van der Waals surface area contributed by atoms with Crippen LogP contribution in [0.25, 0.3) is 0 Å². The molecule has 0 spiro atoms. The quantitative estimate of drug-likeness (QED) is 0.537. The van der Waals surface area contributed by atoms with Gasteiger partial charge in [-0.3, -0.25) is 0 Å². The van der Waals surface area contributed by atoms with Gasteiger partial charge in [0.15, 0.2) is 5.96 Å². The number of guanidine groups is 1. The van der Waals surface area contributed by atoms with Crippen LogP contribution in [0.4, 0.5) is 18.9 Å². The largest absolute Gasteiger partial charge is 0.573 e. The molecular weight excluding hydrogens is 371 g/mol. The van der Waals surface area contributed by atoms with Gasteiger partial charge in [0.25, 0.3) is 0 Å². The summed E-state index contributed by atoms with van der Waals surface area (Å²) in [5.74, 6) is -0.359. The lowest BCUT2D eigenvalue weighted by atomic mass is 9.96. The predicted octanol–water partition coefficient (Wildman–Crippen LogP) is 3.87. The Hall–Kier alpha value is -2.45. The fourth-order valence-corrected chi connectivity index (χ4v) is 2.49. The van der Waals surface area contributed by atoms with Crippen molar-refractivity contribution in [3.8, 4) is 5.75 Å². The molecule has 2 aromatic carbocycles. The van der Waals surface area contributed by atoms with Crippen LogP contribution in [0.2, 0.25) is 5.02 Å². The number of halogens is 4. The predicted molar refractivity (Wildman–Crippen MR) is 94.3 cm³/mol. The molecule has 1 atom stereocenters. The summed E-state index contributed by atoms with van der Waals surface area (Å²) >= 11 is 6.07. The molecule has 0 aromatic heterocycles. The van der Waals surface area contributed by atoms with Gasteiger partial charge in [-0.05, 0) is 37.3 Å². The first-order valence-corrected chi connectivity index (χ1v) is 7.85. The average Bonchev–Trinajstić information content (AvgIpc) is 2.54. The SMILES string of the molecule is CC(O)(CN=C(N)Nc1ccc(OC(F)(F)F)cc1)c1ccccc1Cl. The highest BCUT2D eigenvalue weighted by Crippen LogP contribution is 2.28. The van der Waals surface area contributed by atoms with Crippen LogP contribution in [-0.4, -0.2) is 24.0 Å². The van der Waals surface area contributed by atoms with Crippen molar-refractivity contribution in [1.82, 2.24) is 0 Å². The molecule has 2 rings (SSSR count). The van der Waals surface area contributed by atoms with Crippen molar-refractivity contribution in [1.29, 1.82) is 0 Å². The van der Waals surface area contributed by atoms with Crippen LogP contribution in [0.1, 0.15) is 12.5 Å². The van der Waals surface area contributed by atoms with Crippen LogP contribution in [-0.2, 0) is 5.60 Å². The number of anilines is 1. The maximum absolute atomic E-state index is 12.1. The van der Waals surface area contributed by atoms with Gasteiger partial charge in [0.2, 0.25) is 0 Å². The topological polar surface area (TPSA) is 79.9 Å². The molecule has 0 radical (unpaired) electrons. The summed E-state index contributed by atoms with van der Waals surface area (Å²) in [5, 5.41) is 13.6. The number of nitrogens with one attached hydrogen (secondary N) is 1. The van der Waals surface area contributed by atoms with Crippen molar-refractivity contribution in [3.63, 3.8) is 0 Å². The van der Waals surface area contributed by atoms with E-state index in [4.69, 9.17) is 17.3 Å². The molecule has 0 amide bonds. The third kappa shape index (κ3) is 5.82. The molecule has 4 N–H and O–H groups in total. The number of ether oxygens (including phenoxy) is 1. The van der Waals surface area contributed by atoms with Crippen molar-refractivity contribution < 1.29 is 23.0 Å². The second-order valence-corrected chi connectivity index (χ2v) is 6.06. The maximum Gasteiger partial charge on any atom is 0.573 e. The van der Waals surface area contributed by atoms with Crippen LogP contribution in [0.15, 0.2) is 53.5 Å². The van der Waals surface area contributed by atoms with Gasteiger partial charge >= 0.3 is 6.36 Å². The number of aliphatic hydroxyl groups is 1. The summed E-state index contributed by atoms with van der Waals surface area (Å²) in [6.07, 6.45) is -4.75. The minimum atomic E-state index is -4.75. The van der Waals surface area contributed by atoms with Gasteiger partial charge in [0.1, 0.15) is 11.4 Å². The lowest BCUT2D eigenvalue weighted by Crippen LogP contribution is -2.30. The van der Waals surface area contributed by atoms with Crippen molar-refractivity contribution >= 4 is 23.2 Å². The Morgan fingerprint density at radius 2 is 1.81 bits per heavy atom. The van der Waals surface area contributed by atoms with E-state index in [0.29, 0.717) is 16.3 Å². The van der Waals surface area contributed by atoms with Crippen molar-refractivity contribution in [2.75, 3.05) is 11.9 Å². The van der Waals surface area contributed by atoms with E-state index in [2.05, 4.69) is 15.0 Å². The zero-order valence-electron chi connectivity index (χ0n) is 13.7. The highest BCUT2D eigenvalue weighted by Gasteiger charge is 2.31. The number of alkyl halides is 3. The molecule has 0 saturated carbocycles. The van der Waals surface area contributed by atoms with E-state index < -0.39 is 12.0 Å². The molecular formula is C17H17ClF3N3O2. The number of hydrogen-bond acceptors (Lipinski definition) is 3. The van der Waals surface area contributed by atoms with Gasteiger partial charge in [-0.25, -0.2) is 4.99 Å². The number of aliphatic imine (C=N–C) groups is 1. The van der Waals surface area contributed by atoms with Gasteiger partial charge in [-0.1, -0.05) is 29.8 Å². The third-order valence-electron chi connectivity index (χ3n) is 3.37. The first-order chi connectivity index (χ1) is 12.1. The maximum atomic E-state index is 12.1. The van der Waals surface area contributed by atoms with Gasteiger partial charge in [0.05, 0.1) is 6.54 Å². The fourth-order valence-electron chi connectivity index (χ4n) is 2.15. The molecule has 26 heavy (non-hydrogen) atoms. The Morgan fingerprint density at radius 3 is 2.38 bits per heavy atom. The zero-order chi connectivity index (χ0) is 19.4. The first-order valence-electron chi connectivity index (χ1n) is 7.47. The van der Waals surface area contributed by atoms with Gasteiger partial charge in [-0.15, -0.1) is 13.2 Å². The van der Waals surface area contributed by atoms with Crippen LogP contribution in [0.3, 0.4) is 0 Å². The minimum Gasteiger partial charge on any atom is -0.406 e. The van der Waals surface area contributed by atoms with Crippen LogP contribution >= 0.6 is 11.6 Å². The molecule has 0 heterocycles. The number of benzene rings is 2. The summed E-state index contributed by atoms with van der Waals surface area (Å²) in [5.41, 5.74) is 5.34. The first kappa shape index (κ1) is 19.9. The van der Waals surface area contributed by atoms with Crippen LogP contribution < -0.4 is 15.8 Å². The van der Waals surface area contributed by atoms with E-state index in [-0.39, 0.29) is 18.3 Å². The molecule has 0 aliphatic rings. The fraction of sp³-hybridized carbons (Fsp3) is 0.235. The third-order valence-corrected chi connectivity index (χ3v) is 3.70. The zero-order valence-corrected chi connectivity index (χ0v) is 14.5. The van der Waals surface area contributed by atoms with E-state index >= 15 is 0 Å². The second kappa shape index (κ2) is 7.84. The molecule has 140 valence electrons. The van der Waals surface area contributed by atoms with E-state index in [1.807, 2.05) is 0 Å². The Balaban J connectivity index is 2.01. The van der Waals surface area contributed by atoms with Crippen molar-refractivity contribution in [2.45, 2.75) is 18.9 Å². The van der Waals surface area contributed by atoms with Crippen molar-refractivity contribution in [3.05, 3.63) is 59.1 Å². The molecule has 5 nitrogen and oxygen atoms in total. The molecule has 0 fully saturated rings. The van der Waals surface area contributed by atoms with Crippen molar-refractivity contribution in [2.24, 2.45) is 10.7 Å². The Morgan fingerprint density at radius 1 is 1.19 bits per heavy atom. The second-order valence-electron chi connectivity index (χ2n) is 5.65. The molecule has 0 bridgehead atoms. The smallest absolute Gasteiger partial charge is 0.406 e. The summed E-state index contributed by atoms with van der Waals surface area (Å²) in [6, 6.07) is 11.8. The Bertz CT molecular complexity index is 778. The van der Waals surface area contributed by atoms with Crippen LogP contribution in [0, 0.1) is 0 Å². The monoisotopic (exact) mass is 387 g/mol. The lowest BCUT2D eigenvalue weighted by Gasteiger charge is -2.23. The molecule has 0 aliphatic carbocycles.